The topological polar surface area (TPSA) is 114 Å². The molecule has 0 amide bonds. The first-order valence-corrected chi connectivity index (χ1v) is 17.4. The molecule has 0 N–H and O–H groups in total. The largest absolute Gasteiger partial charge is 0.513 e. The number of carbonyl (C=O) groups is 4. The minimum atomic E-state index is -0.815. The number of thioether (sulfide) groups is 1. The summed E-state index contributed by atoms with van der Waals surface area (Å²) in [5.74, 6) is 12.5. The predicted molar refractivity (Wildman–Crippen MR) is 202 cm³/mol. The number of hydrogen-bond acceptors (Lipinski definition) is 10. The average molecular weight is 729 g/mol. The standard InChI is InChI=1S/C43H36O9S/c1-3-40(44)49-28-5-6-29-51-43(47)52-38-22-16-34(17-23-38)14-12-32-8-10-33(11-9-32)13-15-35-18-26-39(27-19-35)53-42(46)36-20-24-37(25-21-36)48-30-7-31-50-41(45)4-2/h3-4,8-11,16-27H,1-2,5-7,28-31H2. The van der Waals surface area contributed by atoms with E-state index in [-0.39, 0.29) is 24.9 Å². The smallest absolute Gasteiger partial charge is 0.493 e. The molecular formula is C43H36O9S. The van der Waals surface area contributed by atoms with Gasteiger partial charge in [-0.15, -0.1) is 0 Å². The second-order valence-electron chi connectivity index (χ2n) is 10.9. The third-order valence-corrected chi connectivity index (χ3v) is 7.86. The molecule has 0 aliphatic heterocycles. The number of hydrogen-bond donors (Lipinski definition) is 0. The van der Waals surface area contributed by atoms with Crippen molar-refractivity contribution in [2.45, 2.75) is 24.2 Å². The molecule has 0 radical (unpaired) electrons. The lowest BCUT2D eigenvalue weighted by atomic mass is 10.1. The van der Waals surface area contributed by atoms with Crippen LogP contribution in [-0.2, 0) is 23.8 Å². The summed E-state index contributed by atoms with van der Waals surface area (Å²) in [6.45, 7) is 7.66. The second-order valence-corrected chi connectivity index (χ2v) is 11.9. The van der Waals surface area contributed by atoms with Crippen LogP contribution in [-0.4, -0.2) is 49.6 Å². The molecule has 0 atom stereocenters. The number of esters is 2. The lowest BCUT2D eigenvalue weighted by Gasteiger charge is -2.07. The molecule has 0 unspecified atom stereocenters. The summed E-state index contributed by atoms with van der Waals surface area (Å²) in [5, 5.41) is -0.0888. The highest BCUT2D eigenvalue weighted by atomic mass is 32.2. The van der Waals surface area contributed by atoms with Crippen LogP contribution < -0.4 is 9.47 Å². The highest BCUT2D eigenvalue weighted by Gasteiger charge is 2.09. The third-order valence-electron chi connectivity index (χ3n) is 6.94. The molecule has 0 saturated heterocycles. The molecule has 0 fully saturated rings. The molecule has 10 heteroatoms. The fourth-order valence-electron chi connectivity index (χ4n) is 4.19. The van der Waals surface area contributed by atoms with E-state index in [1.54, 1.807) is 48.5 Å². The first kappa shape index (κ1) is 39.3. The van der Waals surface area contributed by atoms with Crippen LogP contribution in [0.15, 0.2) is 127 Å². The van der Waals surface area contributed by atoms with Crippen molar-refractivity contribution in [3.05, 3.63) is 150 Å². The summed E-state index contributed by atoms with van der Waals surface area (Å²) in [6, 6.07) is 28.7. The van der Waals surface area contributed by atoms with Crippen LogP contribution in [0.3, 0.4) is 0 Å². The summed E-state index contributed by atoms with van der Waals surface area (Å²) in [7, 11) is 0. The monoisotopic (exact) mass is 728 g/mol. The van der Waals surface area contributed by atoms with Crippen molar-refractivity contribution < 1.29 is 42.9 Å². The normalized spacial score (nSPS) is 9.89. The molecule has 9 nitrogen and oxygen atoms in total. The Morgan fingerprint density at radius 3 is 1.47 bits per heavy atom. The molecule has 0 saturated carbocycles. The highest BCUT2D eigenvalue weighted by Crippen LogP contribution is 2.24. The average Bonchev–Trinajstić information content (AvgIpc) is 3.18. The minimum Gasteiger partial charge on any atom is -0.493 e. The van der Waals surface area contributed by atoms with E-state index < -0.39 is 18.1 Å². The second kappa shape index (κ2) is 21.7. The van der Waals surface area contributed by atoms with Gasteiger partial charge in [-0.2, -0.15) is 0 Å². The van der Waals surface area contributed by atoms with E-state index >= 15 is 0 Å². The Bertz CT molecular complexity index is 1990. The molecular weight excluding hydrogens is 693 g/mol. The fraction of sp³-hybridized carbons (Fsp3) is 0.163. The Morgan fingerprint density at radius 1 is 0.528 bits per heavy atom. The zero-order valence-electron chi connectivity index (χ0n) is 28.8. The predicted octanol–water partition coefficient (Wildman–Crippen LogP) is 7.94. The van der Waals surface area contributed by atoms with Gasteiger partial charge in [0.05, 0.1) is 26.4 Å². The van der Waals surface area contributed by atoms with E-state index in [0.717, 1.165) is 51.1 Å². The first-order valence-electron chi connectivity index (χ1n) is 16.5. The molecule has 0 bridgehead atoms. The zero-order valence-corrected chi connectivity index (χ0v) is 29.7. The number of unbranched alkanes of at least 4 members (excludes halogenated alkanes) is 1. The zero-order chi connectivity index (χ0) is 37.7. The van der Waals surface area contributed by atoms with Gasteiger partial charge in [0, 0.05) is 51.3 Å². The number of carbonyl (C=O) groups excluding carboxylic acids is 4. The quantitative estimate of drug-likeness (QED) is 0.0227. The molecule has 0 aliphatic rings. The van der Waals surface area contributed by atoms with Gasteiger partial charge in [-0.05, 0) is 122 Å². The van der Waals surface area contributed by atoms with E-state index in [9.17, 15) is 19.2 Å². The van der Waals surface area contributed by atoms with Crippen molar-refractivity contribution in [3.63, 3.8) is 0 Å². The molecule has 4 aromatic carbocycles. The Kier molecular flexibility index (Phi) is 16.1. The fourth-order valence-corrected chi connectivity index (χ4v) is 4.93. The van der Waals surface area contributed by atoms with Gasteiger partial charge in [0.2, 0.25) is 5.12 Å². The lowest BCUT2D eigenvalue weighted by molar-refractivity contribution is -0.138. The molecule has 53 heavy (non-hydrogen) atoms. The Morgan fingerprint density at radius 2 is 0.962 bits per heavy atom. The van der Waals surface area contributed by atoms with Crippen molar-refractivity contribution in [1.29, 1.82) is 0 Å². The molecule has 0 aromatic heterocycles. The van der Waals surface area contributed by atoms with Gasteiger partial charge in [0.25, 0.3) is 0 Å². The molecule has 268 valence electrons. The van der Waals surface area contributed by atoms with Crippen molar-refractivity contribution in [2.24, 2.45) is 0 Å². The maximum Gasteiger partial charge on any atom is 0.513 e. The summed E-state index contributed by atoms with van der Waals surface area (Å²) >= 11 is 1.13. The Balaban J connectivity index is 1.18. The minimum absolute atomic E-state index is 0.0888. The third kappa shape index (κ3) is 14.7. The van der Waals surface area contributed by atoms with Gasteiger partial charge in [-0.25, -0.2) is 14.4 Å². The molecule has 0 aliphatic carbocycles. The van der Waals surface area contributed by atoms with Gasteiger partial charge in [0.1, 0.15) is 11.5 Å². The van der Waals surface area contributed by atoms with E-state index in [4.69, 9.17) is 23.7 Å². The van der Waals surface area contributed by atoms with Crippen molar-refractivity contribution in [1.82, 2.24) is 0 Å². The van der Waals surface area contributed by atoms with Crippen molar-refractivity contribution >= 4 is 35.0 Å². The SMILES string of the molecule is C=CC(=O)OCCCCOC(=O)Oc1ccc(C#Cc2ccc(C#Cc3ccc(SC(=O)c4ccc(OCCCOC(=O)C=C)cc4)cc3)cc2)cc1. The summed E-state index contributed by atoms with van der Waals surface area (Å²) in [4.78, 5) is 47.5. The Labute approximate surface area is 312 Å². The number of benzene rings is 4. The maximum atomic E-state index is 12.8. The molecule has 4 rings (SSSR count). The van der Waals surface area contributed by atoms with E-state index in [1.165, 1.54) is 0 Å². The van der Waals surface area contributed by atoms with Crippen LogP contribution in [0.2, 0.25) is 0 Å². The van der Waals surface area contributed by atoms with Crippen molar-refractivity contribution in [2.75, 3.05) is 26.4 Å². The van der Waals surface area contributed by atoms with Gasteiger partial charge >= 0.3 is 18.1 Å². The molecule has 4 aromatic rings. The molecule has 0 heterocycles. The van der Waals surface area contributed by atoms with E-state index in [2.05, 4.69) is 36.8 Å². The Hall–Kier alpha value is -6.49. The van der Waals surface area contributed by atoms with Crippen LogP contribution in [0, 0.1) is 23.7 Å². The number of ether oxygens (including phenoxy) is 5. The summed E-state index contributed by atoms with van der Waals surface area (Å²) < 4.78 is 25.6. The lowest BCUT2D eigenvalue weighted by Crippen LogP contribution is -2.12. The molecule has 0 spiro atoms. The van der Waals surface area contributed by atoms with Crippen molar-refractivity contribution in [3.8, 4) is 35.2 Å². The maximum absolute atomic E-state index is 12.8. The van der Waals surface area contributed by atoms with E-state index in [0.29, 0.717) is 42.9 Å². The van der Waals surface area contributed by atoms with Gasteiger partial charge in [-0.3, -0.25) is 4.79 Å². The van der Waals surface area contributed by atoms with Crippen LogP contribution in [0.1, 0.15) is 51.9 Å². The summed E-state index contributed by atoms with van der Waals surface area (Å²) in [5.41, 5.74) is 3.76. The van der Waals surface area contributed by atoms with E-state index in [1.807, 2.05) is 48.5 Å². The first-order chi connectivity index (χ1) is 25.8. The highest BCUT2D eigenvalue weighted by molar-refractivity contribution is 8.14. The van der Waals surface area contributed by atoms with Gasteiger partial charge < -0.3 is 23.7 Å². The number of rotatable bonds is 15. The van der Waals surface area contributed by atoms with Crippen LogP contribution >= 0.6 is 11.8 Å². The van der Waals surface area contributed by atoms with Gasteiger partial charge in [0.15, 0.2) is 0 Å². The van der Waals surface area contributed by atoms with Gasteiger partial charge in [-0.1, -0.05) is 36.8 Å². The van der Waals surface area contributed by atoms with Crippen LogP contribution in [0.5, 0.6) is 11.5 Å². The van der Waals surface area contributed by atoms with Crippen LogP contribution in [0.4, 0.5) is 4.79 Å². The summed E-state index contributed by atoms with van der Waals surface area (Å²) in [6.07, 6.45) is 3.01. The van der Waals surface area contributed by atoms with Crippen LogP contribution in [0.25, 0.3) is 0 Å².